The third kappa shape index (κ3) is 3.80. The lowest BCUT2D eigenvalue weighted by Gasteiger charge is -1.94. The number of hydrogen-bond donors (Lipinski definition) is 1. The van der Waals surface area contributed by atoms with E-state index in [2.05, 4.69) is 25.7 Å². The summed E-state index contributed by atoms with van der Waals surface area (Å²) in [5, 5.41) is 17.9. The monoisotopic (exact) mass is 339 g/mol. The molecule has 0 aliphatic heterocycles. The van der Waals surface area contributed by atoms with E-state index in [4.69, 9.17) is 4.52 Å². The maximum Gasteiger partial charge on any atom is 0.227 e. The smallest absolute Gasteiger partial charge is 0.227 e. The van der Waals surface area contributed by atoms with Crippen LogP contribution in [0.3, 0.4) is 0 Å². The maximum atomic E-state index is 5.26. The quantitative estimate of drug-likeness (QED) is 0.522. The number of nitrogens with one attached hydrogen (secondary N) is 1. The van der Waals surface area contributed by atoms with Crippen molar-refractivity contribution in [1.82, 2.24) is 20.3 Å². The molecular weight excluding hydrogens is 326 g/mol. The normalized spacial score (nSPS) is 10.9. The minimum Gasteiger partial charge on any atom is -0.363 e. The Morgan fingerprint density at radius 1 is 1.38 bits per heavy atom. The SMILES string of the molecule is CNc1nnc(SCCCc2nc(-c3cccs3)no2)s1. The zero-order valence-electron chi connectivity index (χ0n) is 11.3. The van der Waals surface area contributed by atoms with E-state index >= 15 is 0 Å². The molecule has 0 atom stereocenters. The molecule has 0 fully saturated rings. The molecule has 21 heavy (non-hydrogen) atoms. The number of thioether (sulfide) groups is 1. The van der Waals surface area contributed by atoms with Gasteiger partial charge in [-0.05, 0) is 17.9 Å². The first-order valence-corrected chi connectivity index (χ1v) is 9.04. The van der Waals surface area contributed by atoms with Crippen LogP contribution in [-0.4, -0.2) is 33.1 Å². The molecule has 1 N–H and O–H groups in total. The van der Waals surface area contributed by atoms with Crippen molar-refractivity contribution in [2.24, 2.45) is 0 Å². The fraction of sp³-hybridized carbons (Fsp3) is 0.333. The topological polar surface area (TPSA) is 76.7 Å². The highest BCUT2D eigenvalue weighted by atomic mass is 32.2. The van der Waals surface area contributed by atoms with Gasteiger partial charge in [0.05, 0.1) is 4.88 Å². The molecule has 0 radical (unpaired) electrons. The van der Waals surface area contributed by atoms with E-state index in [1.165, 1.54) is 0 Å². The molecule has 3 aromatic heterocycles. The fourth-order valence-corrected chi connectivity index (χ4v) is 3.98. The first-order valence-electron chi connectivity index (χ1n) is 6.35. The van der Waals surface area contributed by atoms with E-state index < -0.39 is 0 Å². The molecule has 0 saturated carbocycles. The van der Waals surface area contributed by atoms with Crippen molar-refractivity contribution in [3.63, 3.8) is 0 Å². The molecule has 0 bridgehead atoms. The van der Waals surface area contributed by atoms with Crippen LogP contribution in [0.5, 0.6) is 0 Å². The summed E-state index contributed by atoms with van der Waals surface area (Å²) in [6.07, 6.45) is 1.74. The number of aryl methyl sites for hydroxylation is 1. The van der Waals surface area contributed by atoms with Gasteiger partial charge in [0.15, 0.2) is 4.34 Å². The Morgan fingerprint density at radius 2 is 2.33 bits per heavy atom. The second-order valence-electron chi connectivity index (χ2n) is 4.06. The van der Waals surface area contributed by atoms with E-state index in [1.807, 2.05) is 24.6 Å². The first-order chi connectivity index (χ1) is 10.3. The lowest BCUT2D eigenvalue weighted by molar-refractivity contribution is 0.378. The predicted molar refractivity (Wildman–Crippen MR) is 86.1 cm³/mol. The van der Waals surface area contributed by atoms with Crippen molar-refractivity contribution in [1.29, 1.82) is 0 Å². The number of nitrogens with zero attached hydrogens (tertiary/aromatic N) is 4. The van der Waals surface area contributed by atoms with E-state index in [9.17, 15) is 0 Å². The van der Waals surface area contributed by atoms with Crippen LogP contribution in [0.2, 0.25) is 0 Å². The molecule has 3 aromatic rings. The third-order valence-corrected chi connectivity index (χ3v) is 5.62. The fourth-order valence-electron chi connectivity index (χ4n) is 1.61. The first kappa shape index (κ1) is 14.5. The molecule has 110 valence electrons. The van der Waals surface area contributed by atoms with Crippen LogP contribution in [0.25, 0.3) is 10.7 Å². The van der Waals surface area contributed by atoms with Gasteiger partial charge in [0.2, 0.25) is 16.8 Å². The minimum absolute atomic E-state index is 0.676. The zero-order chi connectivity index (χ0) is 14.5. The van der Waals surface area contributed by atoms with Gasteiger partial charge in [-0.3, -0.25) is 0 Å². The average Bonchev–Trinajstić information content (AvgIpc) is 3.23. The molecule has 3 rings (SSSR count). The van der Waals surface area contributed by atoms with E-state index in [0.29, 0.717) is 11.7 Å². The van der Waals surface area contributed by atoms with Gasteiger partial charge in [0.25, 0.3) is 0 Å². The molecule has 3 heterocycles. The largest absolute Gasteiger partial charge is 0.363 e. The highest BCUT2D eigenvalue weighted by Gasteiger charge is 2.09. The molecule has 9 heteroatoms. The van der Waals surface area contributed by atoms with Gasteiger partial charge in [-0.1, -0.05) is 34.3 Å². The third-order valence-electron chi connectivity index (χ3n) is 2.59. The number of rotatable bonds is 7. The summed E-state index contributed by atoms with van der Waals surface area (Å²) in [7, 11) is 1.84. The van der Waals surface area contributed by atoms with Crippen molar-refractivity contribution in [3.05, 3.63) is 23.4 Å². The molecule has 0 aliphatic carbocycles. The van der Waals surface area contributed by atoms with Crippen molar-refractivity contribution < 1.29 is 4.52 Å². The van der Waals surface area contributed by atoms with Gasteiger partial charge in [0, 0.05) is 19.2 Å². The molecule has 0 aromatic carbocycles. The van der Waals surface area contributed by atoms with Crippen LogP contribution in [-0.2, 0) is 6.42 Å². The Morgan fingerprint density at radius 3 is 3.10 bits per heavy atom. The molecule has 0 aliphatic rings. The highest BCUT2D eigenvalue weighted by Crippen LogP contribution is 2.26. The number of thiophene rings is 1. The lowest BCUT2D eigenvalue weighted by atomic mass is 10.3. The Balaban J connectivity index is 1.45. The number of hydrogen-bond acceptors (Lipinski definition) is 9. The van der Waals surface area contributed by atoms with Crippen LogP contribution < -0.4 is 5.32 Å². The second-order valence-corrected chi connectivity index (χ2v) is 7.33. The van der Waals surface area contributed by atoms with Gasteiger partial charge in [-0.25, -0.2) is 0 Å². The predicted octanol–water partition coefficient (Wildman–Crippen LogP) is 3.42. The molecular formula is C12H13N5OS3. The lowest BCUT2D eigenvalue weighted by Crippen LogP contribution is -1.88. The average molecular weight is 339 g/mol. The van der Waals surface area contributed by atoms with Crippen molar-refractivity contribution in [2.45, 2.75) is 17.2 Å². The van der Waals surface area contributed by atoms with E-state index in [1.54, 1.807) is 34.4 Å². The van der Waals surface area contributed by atoms with Crippen molar-refractivity contribution in [2.75, 3.05) is 18.1 Å². The maximum absolute atomic E-state index is 5.26. The summed E-state index contributed by atoms with van der Waals surface area (Å²) in [6.45, 7) is 0. The zero-order valence-corrected chi connectivity index (χ0v) is 13.7. The number of aromatic nitrogens is 4. The van der Waals surface area contributed by atoms with Crippen LogP contribution in [0, 0.1) is 0 Å². The van der Waals surface area contributed by atoms with E-state index in [-0.39, 0.29) is 0 Å². The number of anilines is 1. The summed E-state index contributed by atoms with van der Waals surface area (Å²) in [5.41, 5.74) is 0. The van der Waals surface area contributed by atoms with Gasteiger partial charge >= 0.3 is 0 Å². The Bertz CT molecular complexity index is 679. The Labute approximate surface area is 134 Å². The van der Waals surface area contributed by atoms with Crippen LogP contribution in [0.15, 0.2) is 26.4 Å². The minimum atomic E-state index is 0.676. The molecule has 0 unspecified atom stereocenters. The summed E-state index contributed by atoms with van der Waals surface area (Å²) in [6, 6.07) is 3.97. The summed E-state index contributed by atoms with van der Waals surface area (Å²) < 4.78 is 6.24. The standard InChI is InChI=1S/C12H13N5OS3/c1-13-11-15-16-12(21-11)20-7-3-5-9-14-10(17-18-9)8-4-2-6-19-8/h2,4,6H,3,5,7H2,1H3,(H,13,15). The molecule has 6 nitrogen and oxygen atoms in total. The summed E-state index contributed by atoms with van der Waals surface area (Å²) in [4.78, 5) is 5.44. The van der Waals surface area contributed by atoms with E-state index in [0.717, 1.165) is 32.9 Å². The van der Waals surface area contributed by atoms with Gasteiger partial charge in [-0.2, -0.15) is 4.98 Å². The van der Waals surface area contributed by atoms with Crippen molar-refractivity contribution in [3.8, 4) is 10.7 Å². The van der Waals surface area contributed by atoms with Gasteiger partial charge in [-0.15, -0.1) is 21.5 Å². The highest BCUT2D eigenvalue weighted by molar-refractivity contribution is 8.01. The van der Waals surface area contributed by atoms with Crippen LogP contribution in [0.4, 0.5) is 5.13 Å². The summed E-state index contributed by atoms with van der Waals surface area (Å²) in [5.74, 6) is 2.32. The molecule has 0 amide bonds. The van der Waals surface area contributed by atoms with Gasteiger partial charge in [0.1, 0.15) is 0 Å². The second kappa shape index (κ2) is 7.01. The van der Waals surface area contributed by atoms with Crippen LogP contribution in [0.1, 0.15) is 12.3 Å². The summed E-state index contributed by atoms with van der Waals surface area (Å²) >= 11 is 4.87. The molecule has 0 saturated heterocycles. The molecule has 0 spiro atoms. The van der Waals surface area contributed by atoms with Crippen LogP contribution >= 0.6 is 34.4 Å². The Kier molecular flexibility index (Phi) is 4.84. The Hall–Kier alpha value is -1.45. The van der Waals surface area contributed by atoms with Crippen molar-refractivity contribution >= 4 is 39.6 Å². The van der Waals surface area contributed by atoms with Gasteiger partial charge < -0.3 is 9.84 Å².